The van der Waals surface area contributed by atoms with Crippen molar-refractivity contribution in [2.45, 2.75) is 43.7 Å². The second-order valence-electron chi connectivity index (χ2n) is 5.32. The predicted molar refractivity (Wildman–Crippen MR) is 55.3 cm³/mol. The van der Waals surface area contributed by atoms with Crippen LogP contribution >= 0.6 is 0 Å². The van der Waals surface area contributed by atoms with E-state index in [1.54, 1.807) is 0 Å². The summed E-state index contributed by atoms with van der Waals surface area (Å²) in [5, 5.41) is 3.32. The normalized spacial score (nSPS) is 37.9. The van der Waals surface area contributed by atoms with Gasteiger partial charge < -0.3 is 9.64 Å². The topological polar surface area (TPSA) is 41.6 Å². The van der Waals surface area contributed by atoms with Crippen molar-refractivity contribution < 1.29 is 9.53 Å². The van der Waals surface area contributed by atoms with Crippen molar-refractivity contribution in [2.75, 3.05) is 19.8 Å². The van der Waals surface area contributed by atoms with Gasteiger partial charge in [0, 0.05) is 6.61 Å². The lowest BCUT2D eigenvalue weighted by Crippen LogP contribution is -2.42. The van der Waals surface area contributed by atoms with Gasteiger partial charge in [-0.25, -0.2) is 0 Å². The van der Waals surface area contributed by atoms with Gasteiger partial charge in [0.1, 0.15) is 0 Å². The molecule has 4 nitrogen and oxygen atoms in total. The maximum absolute atomic E-state index is 12.0. The fourth-order valence-corrected chi connectivity index (χ4v) is 2.71. The molecule has 0 radical (unpaired) electrons. The molecule has 1 amide bonds. The van der Waals surface area contributed by atoms with Crippen molar-refractivity contribution in [1.82, 2.24) is 10.2 Å². The van der Waals surface area contributed by atoms with E-state index in [2.05, 4.69) is 12.2 Å². The largest absolute Gasteiger partial charge is 0.373 e. The number of nitrogens with one attached hydrogen (secondary N) is 1. The lowest BCUT2D eigenvalue weighted by Gasteiger charge is -2.28. The molecule has 1 N–H and O–H groups in total. The summed E-state index contributed by atoms with van der Waals surface area (Å²) in [6, 6.07) is 0. The molecular weight excluding hydrogens is 192 g/mol. The molecule has 2 aliphatic heterocycles. The van der Waals surface area contributed by atoms with E-state index < -0.39 is 0 Å². The molecule has 15 heavy (non-hydrogen) atoms. The molecule has 0 aromatic rings. The van der Waals surface area contributed by atoms with E-state index in [1.165, 1.54) is 0 Å². The van der Waals surface area contributed by atoms with E-state index in [0.29, 0.717) is 12.6 Å². The number of carbonyl (C=O) groups excluding carboxylic acids is 1. The van der Waals surface area contributed by atoms with Gasteiger partial charge in [-0.1, -0.05) is 0 Å². The summed E-state index contributed by atoms with van der Waals surface area (Å²) in [5.74, 6) is 0.291. The SMILES string of the molecule is CC1(CN2CNC3(CC3)C2=O)CCCO1. The number of nitrogens with zero attached hydrogens (tertiary/aromatic N) is 1. The van der Waals surface area contributed by atoms with Gasteiger partial charge in [-0.3, -0.25) is 10.1 Å². The molecule has 4 heteroatoms. The van der Waals surface area contributed by atoms with Crippen LogP contribution in [0, 0.1) is 0 Å². The molecule has 1 saturated carbocycles. The zero-order valence-electron chi connectivity index (χ0n) is 9.21. The Bertz CT molecular complexity index is 293. The van der Waals surface area contributed by atoms with Crippen molar-refractivity contribution in [3.63, 3.8) is 0 Å². The molecule has 0 bridgehead atoms. The van der Waals surface area contributed by atoms with E-state index in [4.69, 9.17) is 4.74 Å². The Hall–Kier alpha value is -0.610. The van der Waals surface area contributed by atoms with Crippen molar-refractivity contribution >= 4 is 5.91 Å². The molecule has 3 rings (SSSR count). The van der Waals surface area contributed by atoms with Crippen LogP contribution in [0.25, 0.3) is 0 Å². The molecule has 1 atom stereocenters. The van der Waals surface area contributed by atoms with Crippen molar-refractivity contribution in [2.24, 2.45) is 0 Å². The number of ether oxygens (including phenoxy) is 1. The fraction of sp³-hybridized carbons (Fsp3) is 0.909. The first-order valence-corrected chi connectivity index (χ1v) is 5.82. The maximum Gasteiger partial charge on any atom is 0.244 e. The lowest BCUT2D eigenvalue weighted by molar-refractivity contribution is -0.132. The van der Waals surface area contributed by atoms with E-state index in [0.717, 1.165) is 38.8 Å². The highest BCUT2D eigenvalue weighted by molar-refractivity contribution is 5.91. The second-order valence-corrected chi connectivity index (χ2v) is 5.32. The van der Waals surface area contributed by atoms with E-state index in [9.17, 15) is 4.79 Å². The molecule has 1 spiro atoms. The van der Waals surface area contributed by atoms with Crippen LogP contribution in [0.2, 0.25) is 0 Å². The Labute approximate surface area is 90.0 Å². The lowest BCUT2D eigenvalue weighted by atomic mass is 10.0. The van der Waals surface area contributed by atoms with Crippen LogP contribution in [0.1, 0.15) is 32.6 Å². The molecule has 0 aromatic carbocycles. The van der Waals surface area contributed by atoms with Gasteiger partial charge in [-0.2, -0.15) is 0 Å². The molecule has 3 fully saturated rings. The van der Waals surface area contributed by atoms with Crippen LogP contribution < -0.4 is 5.32 Å². The summed E-state index contributed by atoms with van der Waals surface area (Å²) in [6.07, 6.45) is 4.22. The third-order valence-corrected chi connectivity index (χ3v) is 3.88. The third-order valence-electron chi connectivity index (χ3n) is 3.88. The molecule has 84 valence electrons. The summed E-state index contributed by atoms with van der Waals surface area (Å²) in [6.45, 7) is 4.42. The molecule has 2 heterocycles. The van der Waals surface area contributed by atoms with Crippen molar-refractivity contribution in [3.8, 4) is 0 Å². The Balaban J connectivity index is 1.66. The number of hydrogen-bond acceptors (Lipinski definition) is 3. The second kappa shape index (κ2) is 2.95. The van der Waals surface area contributed by atoms with Crippen LogP contribution in [0.15, 0.2) is 0 Å². The Kier molecular flexibility index (Phi) is 1.89. The average molecular weight is 210 g/mol. The number of rotatable bonds is 2. The smallest absolute Gasteiger partial charge is 0.244 e. The van der Waals surface area contributed by atoms with Crippen LogP contribution in [0.3, 0.4) is 0 Å². The van der Waals surface area contributed by atoms with Gasteiger partial charge in [0.25, 0.3) is 0 Å². The molecular formula is C11H18N2O2. The van der Waals surface area contributed by atoms with E-state index in [1.807, 2.05) is 4.90 Å². The van der Waals surface area contributed by atoms with Gasteiger partial charge in [0.15, 0.2) is 0 Å². The zero-order valence-corrected chi connectivity index (χ0v) is 9.21. The predicted octanol–water partition coefficient (Wildman–Crippen LogP) is 0.477. The summed E-state index contributed by atoms with van der Waals surface area (Å²) < 4.78 is 5.72. The van der Waals surface area contributed by atoms with Gasteiger partial charge in [-0.05, 0) is 32.6 Å². The first-order chi connectivity index (χ1) is 7.14. The van der Waals surface area contributed by atoms with E-state index in [-0.39, 0.29) is 11.1 Å². The summed E-state index contributed by atoms with van der Waals surface area (Å²) >= 11 is 0. The highest BCUT2D eigenvalue weighted by Crippen LogP contribution is 2.41. The molecule has 1 unspecified atom stereocenters. The Morgan fingerprint density at radius 3 is 2.80 bits per heavy atom. The van der Waals surface area contributed by atoms with Crippen LogP contribution in [-0.2, 0) is 9.53 Å². The highest BCUT2D eigenvalue weighted by Gasteiger charge is 2.56. The monoisotopic (exact) mass is 210 g/mol. The first kappa shape index (κ1) is 9.60. The number of amides is 1. The zero-order chi connectivity index (χ0) is 10.5. The highest BCUT2D eigenvalue weighted by atomic mass is 16.5. The summed E-state index contributed by atoms with van der Waals surface area (Å²) in [7, 11) is 0. The minimum Gasteiger partial charge on any atom is -0.373 e. The maximum atomic E-state index is 12.0. The van der Waals surface area contributed by atoms with Gasteiger partial charge in [0.2, 0.25) is 5.91 Å². The summed E-state index contributed by atoms with van der Waals surface area (Å²) in [4.78, 5) is 14.0. The first-order valence-electron chi connectivity index (χ1n) is 5.82. The molecule has 3 aliphatic rings. The number of carbonyl (C=O) groups is 1. The average Bonchev–Trinajstić information content (AvgIpc) is 2.80. The molecule has 2 saturated heterocycles. The quantitative estimate of drug-likeness (QED) is 0.720. The minimum atomic E-state index is -0.158. The van der Waals surface area contributed by atoms with Crippen molar-refractivity contribution in [1.29, 1.82) is 0 Å². The molecule has 0 aromatic heterocycles. The third kappa shape index (κ3) is 1.47. The minimum absolute atomic E-state index is 0.0994. The molecule has 1 aliphatic carbocycles. The van der Waals surface area contributed by atoms with Crippen molar-refractivity contribution in [3.05, 3.63) is 0 Å². The van der Waals surface area contributed by atoms with Gasteiger partial charge in [0.05, 0.1) is 24.4 Å². The Morgan fingerprint density at radius 2 is 2.27 bits per heavy atom. The van der Waals surface area contributed by atoms with Crippen LogP contribution in [0.5, 0.6) is 0 Å². The van der Waals surface area contributed by atoms with Crippen LogP contribution in [-0.4, -0.2) is 41.8 Å². The van der Waals surface area contributed by atoms with Crippen LogP contribution in [0.4, 0.5) is 0 Å². The number of hydrogen-bond donors (Lipinski definition) is 1. The van der Waals surface area contributed by atoms with Gasteiger partial charge >= 0.3 is 0 Å². The summed E-state index contributed by atoms with van der Waals surface area (Å²) in [5.41, 5.74) is -0.257. The standard InChI is InChI=1S/C11H18N2O2/c1-10(3-2-6-15-10)7-13-8-12-11(4-5-11)9(13)14/h12H,2-8H2,1H3. The fourth-order valence-electron chi connectivity index (χ4n) is 2.71. The van der Waals surface area contributed by atoms with Gasteiger partial charge in [-0.15, -0.1) is 0 Å². The van der Waals surface area contributed by atoms with E-state index >= 15 is 0 Å². The Morgan fingerprint density at radius 1 is 1.47 bits per heavy atom.